The van der Waals surface area contributed by atoms with Gasteiger partial charge in [0.25, 0.3) is 0 Å². The quantitative estimate of drug-likeness (QED) is 0.664. The van der Waals surface area contributed by atoms with E-state index in [0.29, 0.717) is 11.5 Å². The highest BCUT2D eigenvalue weighted by atomic mass is 19.1. The molecule has 0 aliphatic heterocycles. The first kappa shape index (κ1) is 7.91. The molecule has 13 heavy (non-hydrogen) atoms. The third-order valence-corrected chi connectivity index (χ3v) is 1.71. The maximum absolute atomic E-state index is 13.2. The van der Waals surface area contributed by atoms with E-state index in [-0.39, 0.29) is 5.82 Å². The molecule has 3 nitrogen and oxygen atoms in total. The number of rotatable bonds is 1. The fraction of sp³-hybridized carbons (Fsp3) is 0.111. The van der Waals surface area contributed by atoms with Crippen LogP contribution >= 0.6 is 0 Å². The molecule has 0 aliphatic rings. The van der Waals surface area contributed by atoms with Gasteiger partial charge in [-0.25, -0.2) is 14.1 Å². The molecule has 0 bridgehead atoms. The molecule has 1 aromatic carbocycles. The van der Waals surface area contributed by atoms with Crippen molar-refractivity contribution < 1.29 is 4.39 Å². The van der Waals surface area contributed by atoms with Crippen molar-refractivity contribution >= 4 is 0 Å². The zero-order valence-electron chi connectivity index (χ0n) is 7.11. The molecule has 0 N–H and O–H groups in total. The first-order valence-electron chi connectivity index (χ1n) is 3.90. The van der Waals surface area contributed by atoms with Crippen molar-refractivity contribution in [1.82, 2.24) is 14.8 Å². The van der Waals surface area contributed by atoms with Crippen LogP contribution in [0.1, 0.15) is 5.82 Å². The molecule has 1 aromatic heterocycles. The predicted octanol–water partition coefficient (Wildman–Crippen LogP) is 1.71. The SMILES string of the molecule is Cc1ncn(-c2ccccc2F)n1. The molecule has 66 valence electrons. The molecule has 4 heteroatoms. The van der Waals surface area contributed by atoms with E-state index in [9.17, 15) is 4.39 Å². The van der Waals surface area contributed by atoms with Gasteiger partial charge < -0.3 is 0 Å². The van der Waals surface area contributed by atoms with E-state index in [1.165, 1.54) is 17.1 Å². The summed E-state index contributed by atoms with van der Waals surface area (Å²) < 4.78 is 14.6. The van der Waals surface area contributed by atoms with Crippen molar-refractivity contribution in [2.45, 2.75) is 6.92 Å². The Bertz CT molecular complexity index is 422. The highest BCUT2D eigenvalue weighted by molar-refractivity contribution is 5.31. The number of halogens is 1. The molecular formula is C9H8FN3. The van der Waals surface area contributed by atoms with Crippen molar-refractivity contribution in [3.05, 3.63) is 42.2 Å². The third-order valence-electron chi connectivity index (χ3n) is 1.71. The Hall–Kier alpha value is -1.71. The normalized spacial score (nSPS) is 10.3. The fourth-order valence-corrected chi connectivity index (χ4v) is 1.10. The minimum absolute atomic E-state index is 0.299. The zero-order valence-corrected chi connectivity index (χ0v) is 7.11. The molecule has 0 fully saturated rings. The van der Waals surface area contributed by atoms with Crippen molar-refractivity contribution in [2.24, 2.45) is 0 Å². The van der Waals surface area contributed by atoms with Gasteiger partial charge in [-0.3, -0.25) is 0 Å². The molecule has 0 unspecified atom stereocenters. The van der Waals surface area contributed by atoms with Gasteiger partial charge in [0.05, 0.1) is 0 Å². The molecule has 0 amide bonds. The highest BCUT2D eigenvalue weighted by Gasteiger charge is 2.03. The first-order valence-corrected chi connectivity index (χ1v) is 3.90. The Morgan fingerprint density at radius 2 is 2.08 bits per heavy atom. The molecule has 0 saturated carbocycles. The van der Waals surface area contributed by atoms with Gasteiger partial charge in [0.2, 0.25) is 0 Å². The van der Waals surface area contributed by atoms with Crippen LogP contribution in [0.15, 0.2) is 30.6 Å². The second kappa shape index (κ2) is 2.97. The number of hydrogen-bond donors (Lipinski definition) is 0. The van der Waals surface area contributed by atoms with E-state index in [0.717, 1.165) is 0 Å². The molecule has 2 rings (SSSR count). The summed E-state index contributed by atoms with van der Waals surface area (Å²) in [4.78, 5) is 3.92. The molecular weight excluding hydrogens is 169 g/mol. The van der Waals surface area contributed by atoms with Crippen LogP contribution in [0.25, 0.3) is 5.69 Å². The van der Waals surface area contributed by atoms with Crippen LogP contribution in [0.4, 0.5) is 4.39 Å². The summed E-state index contributed by atoms with van der Waals surface area (Å²) in [6, 6.07) is 6.45. The Balaban J connectivity index is 2.52. The molecule has 0 aliphatic carbocycles. The number of nitrogens with zero attached hydrogens (tertiary/aromatic N) is 3. The lowest BCUT2D eigenvalue weighted by molar-refractivity contribution is 0.610. The maximum Gasteiger partial charge on any atom is 0.148 e. The van der Waals surface area contributed by atoms with Crippen molar-refractivity contribution in [1.29, 1.82) is 0 Å². The Labute approximate surface area is 74.8 Å². The Morgan fingerprint density at radius 1 is 1.31 bits per heavy atom. The van der Waals surface area contributed by atoms with E-state index in [2.05, 4.69) is 10.1 Å². The van der Waals surface area contributed by atoms with E-state index in [1.807, 2.05) is 0 Å². The average molecular weight is 177 g/mol. The van der Waals surface area contributed by atoms with Gasteiger partial charge in [-0.05, 0) is 19.1 Å². The second-order valence-electron chi connectivity index (χ2n) is 2.69. The van der Waals surface area contributed by atoms with Crippen LogP contribution in [0.5, 0.6) is 0 Å². The van der Waals surface area contributed by atoms with Gasteiger partial charge in [0.15, 0.2) is 0 Å². The summed E-state index contributed by atoms with van der Waals surface area (Å²) >= 11 is 0. The summed E-state index contributed by atoms with van der Waals surface area (Å²) in [5, 5.41) is 4.01. The van der Waals surface area contributed by atoms with Crippen LogP contribution in [0, 0.1) is 12.7 Å². The van der Waals surface area contributed by atoms with Crippen LogP contribution in [0.2, 0.25) is 0 Å². The summed E-state index contributed by atoms with van der Waals surface area (Å²) in [6.45, 7) is 1.76. The van der Waals surface area contributed by atoms with E-state index < -0.39 is 0 Å². The highest BCUT2D eigenvalue weighted by Crippen LogP contribution is 2.10. The van der Waals surface area contributed by atoms with Crippen LogP contribution in [-0.2, 0) is 0 Å². The van der Waals surface area contributed by atoms with Gasteiger partial charge in [0.1, 0.15) is 23.7 Å². The van der Waals surface area contributed by atoms with Gasteiger partial charge in [-0.1, -0.05) is 12.1 Å². The van der Waals surface area contributed by atoms with Crippen molar-refractivity contribution in [2.75, 3.05) is 0 Å². The zero-order chi connectivity index (χ0) is 9.26. The lowest BCUT2D eigenvalue weighted by Crippen LogP contribution is -1.97. The molecule has 2 aromatic rings. The largest absolute Gasteiger partial charge is 0.220 e. The van der Waals surface area contributed by atoms with Crippen molar-refractivity contribution in [3.63, 3.8) is 0 Å². The smallest absolute Gasteiger partial charge is 0.148 e. The predicted molar refractivity (Wildman–Crippen MR) is 46.1 cm³/mol. The topological polar surface area (TPSA) is 30.7 Å². The summed E-state index contributed by atoms with van der Waals surface area (Å²) in [7, 11) is 0. The van der Waals surface area contributed by atoms with Gasteiger partial charge in [-0.2, -0.15) is 5.10 Å². The number of benzene rings is 1. The van der Waals surface area contributed by atoms with E-state index in [1.54, 1.807) is 25.1 Å². The third kappa shape index (κ3) is 1.42. The lowest BCUT2D eigenvalue weighted by atomic mass is 10.3. The van der Waals surface area contributed by atoms with Crippen molar-refractivity contribution in [3.8, 4) is 5.69 Å². The number of para-hydroxylation sites is 1. The molecule has 0 spiro atoms. The molecule has 0 saturated heterocycles. The van der Waals surface area contributed by atoms with Gasteiger partial charge in [0, 0.05) is 0 Å². The van der Waals surface area contributed by atoms with Gasteiger partial charge in [-0.15, -0.1) is 0 Å². The lowest BCUT2D eigenvalue weighted by Gasteiger charge is -1.99. The minimum atomic E-state index is -0.299. The average Bonchev–Trinajstić information content (AvgIpc) is 2.53. The summed E-state index contributed by atoms with van der Waals surface area (Å²) in [5.74, 6) is 0.329. The van der Waals surface area contributed by atoms with Gasteiger partial charge >= 0.3 is 0 Å². The van der Waals surface area contributed by atoms with E-state index in [4.69, 9.17) is 0 Å². The standard InChI is InChI=1S/C9H8FN3/c1-7-11-6-13(12-7)9-5-3-2-4-8(9)10/h2-6H,1H3. The van der Waals surface area contributed by atoms with Crippen LogP contribution in [0.3, 0.4) is 0 Å². The monoisotopic (exact) mass is 177 g/mol. The molecule has 0 radical (unpaired) electrons. The number of aryl methyl sites for hydroxylation is 1. The van der Waals surface area contributed by atoms with E-state index >= 15 is 0 Å². The fourth-order valence-electron chi connectivity index (χ4n) is 1.10. The number of aromatic nitrogens is 3. The summed E-state index contributed by atoms with van der Waals surface area (Å²) in [6.07, 6.45) is 1.49. The number of hydrogen-bond acceptors (Lipinski definition) is 2. The van der Waals surface area contributed by atoms with Crippen LogP contribution < -0.4 is 0 Å². The molecule has 1 heterocycles. The molecule has 0 atom stereocenters. The second-order valence-corrected chi connectivity index (χ2v) is 2.69. The summed E-state index contributed by atoms with van der Waals surface area (Å²) in [5.41, 5.74) is 0.420. The van der Waals surface area contributed by atoms with Crippen LogP contribution in [-0.4, -0.2) is 14.8 Å². The first-order chi connectivity index (χ1) is 6.27. The maximum atomic E-state index is 13.2. The Kier molecular flexibility index (Phi) is 1.81. The Morgan fingerprint density at radius 3 is 2.69 bits per heavy atom. The minimum Gasteiger partial charge on any atom is -0.220 e.